The summed E-state index contributed by atoms with van der Waals surface area (Å²) in [6.07, 6.45) is 7.89. The second-order valence-electron chi connectivity index (χ2n) is 3.99. The molecule has 2 nitrogen and oxygen atoms in total. The van der Waals surface area contributed by atoms with Gasteiger partial charge in [0.2, 0.25) is 0 Å². The van der Waals surface area contributed by atoms with E-state index < -0.39 is 0 Å². The van der Waals surface area contributed by atoms with Crippen LogP contribution >= 0.6 is 22.6 Å². The minimum absolute atomic E-state index is 0.0771. The monoisotopic (exact) mass is 324 g/mol. The van der Waals surface area contributed by atoms with Gasteiger partial charge in [-0.2, -0.15) is 0 Å². The highest BCUT2D eigenvalue weighted by molar-refractivity contribution is 14.1. The molecule has 1 fully saturated rings. The van der Waals surface area contributed by atoms with Crippen molar-refractivity contribution in [3.63, 3.8) is 0 Å². The normalized spacial score (nSPS) is 22.3. The predicted octanol–water partition coefficient (Wildman–Crippen LogP) is 3.69. The summed E-state index contributed by atoms with van der Waals surface area (Å²) in [5.41, 5.74) is -0.122. The Hall–Kier alpha value is 0.390. The second kappa shape index (κ2) is 6.86. The van der Waals surface area contributed by atoms with Gasteiger partial charge in [-0.15, -0.1) is 6.58 Å². The first kappa shape index (κ1) is 13.5. The molecule has 0 spiro atoms. The number of ether oxygens (including phenoxy) is 2. The fraction of sp³-hybridized carbons (Fsp3) is 0.833. The van der Waals surface area contributed by atoms with Gasteiger partial charge >= 0.3 is 0 Å². The summed E-state index contributed by atoms with van der Waals surface area (Å²) in [5.74, 6) is 0. The van der Waals surface area contributed by atoms with Crippen LogP contribution in [-0.2, 0) is 9.47 Å². The largest absolute Gasteiger partial charge is 0.352 e. The summed E-state index contributed by atoms with van der Waals surface area (Å²) >= 11 is 2.31. The third kappa shape index (κ3) is 4.04. The molecule has 1 saturated carbocycles. The van der Waals surface area contributed by atoms with Crippen LogP contribution in [0.1, 0.15) is 39.0 Å². The molecule has 0 bridgehead atoms. The van der Waals surface area contributed by atoms with Crippen LogP contribution in [0, 0.1) is 0 Å². The van der Waals surface area contributed by atoms with Gasteiger partial charge in [-0.1, -0.05) is 47.9 Å². The average Bonchev–Trinajstić information content (AvgIpc) is 2.30. The number of hydrogen-bond acceptors (Lipinski definition) is 2. The summed E-state index contributed by atoms with van der Waals surface area (Å²) in [7, 11) is 0. The zero-order valence-electron chi connectivity index (χ0n) is 9.51. The highest BCUT2D eigenvalue weighted by Gasteiger charge is 2.32. The standard InChI is InChI=1S/C12H21IO2/c1-3-12(8-6-5-7-9-12)15-11(10-13)14-4-2/h3,11H,1,4-10H2,2H3. The van der Waals surface area contributed by atoms with E-state index in [1.54, 1.807) is 0 Å². The Labute approximate surface area is 107 Å². The predicted molar refractivity (Wildman–Crippen MR) is 71.4 cm³/mol. The van der Waals surface area contributed by atoms with Crippen molar-refractivity contribution >= 4 is 22.6 Å². The first-order valence-electron chi connectivity index (χ1n) is 5.75. The number of alkyl halides is 1. The van der Waals surface area contributed by atoms with Crippen molar-refractivity contribution in [2.45, 2.75) is 50.9 Å². The fourth-order valence-electron chi connectivity index (χ4n) is 2.08. The van der Waals surface area contributed by atoms with Crippen molar-refractivity contribution in [3.05, 3.63) is 12.7 Å². The second-order valence-corrected chi connectivity index (χ2v) is 4.87. The molecular formula is C12H21IO2. The molecule has 15 heavy (non-hydrogen) atoms. The summed E-state index contributed by atoms with van der Waals surface area (Å²) in [6, 6.07) is 0. The molecule has 1 unspecified atom stereocenters. The molecule has 88 valence electrons. The number of halogens is 1. The van der Waals surface area contributed by atoms with Gasteiger partial charge in [-0.3, -0.25) is 0 Å². The number of rotatable bonds is 6. The molecule has 0 aliphatic heterocycles. The molecule has 0 saturated heterocycles. The number of hydrogen-bond donors (Lipinski definition) is 0. The molecule has 1 aliphatic carbocycles. The van der Waals surface area contributed by atoms with Gasteiger partial charge < -0.3 is 9.47 Å². The van der Waals surface area contributed by atoms with Gasteiger partial charge in [0.15, 0.2) is 6.29 Å². The minimum Gasteiger partial charge on any atom is -0.352 e. The van der Waals surface area contributed by atoms with E-state index in [2.05, 4.69) is 29.2 Å². The molecule has 0 aromatic rings. The minimum atomic E-state index is -0.122. The molecule has 0 heterocycles. The lowest BCUT2D eigenvalue weighted by Gasteiger charge is -2.37. The smallest absolute Gasteiger partial charge is 0.167 e. The summed E-state index contributed by atoms with van der Waals surface area (Å²) < 4.78 is 12.5. The zero-order chi connectivity index (χ0) is 11.1. The van der Waals surface area contributed by atoms with Gasteiger partial charge in [0.1, 0.15) is 0 Å². The van der Waals surface area contributed by atoms with E-state index in [9.17, 15) is 0 Å². The molecule has 1 atom stereocenters. The van der Waals surface area contributed by atoms with Crippen molar-refractivity contribution in [2.75, 3.05) is 11.0 Å². The van der Waals surface area contributed by atoms with Crippen molar-refractivity contribution < 1.29 is 9.47 Å². The van der Waals surface area contributed by atoms with Gasteiger partial charge in [-0.05, 0) is 19.8 Å². The van der Waals surface area contributed by atoms with Crippen LogP contribution in [0.4, 0.5) is 0 Å². The molecule has 0 aromatic heterocycles. The first-order valence-corrected chi connectivity index (χ1v) is 7.28. The fourth-order valence-corrected chi connectivity index (χ4v) is 2.51. The van der Waals surface area contributed by atoms with Crippen molar-refractivity contribution in [1.82, 2.24) is 0 Å². The van der Waals surface area contributed by atoms with Crippen LogP contribution in [0.5, 0.6) is 0 Å². The molecular weight excluding hydrogens is 303 g/mol. The highest BCUT2D eigenvalue weighted by Crippen LogP contribution is 2.34. The molecule has 0 radical (unpaired) electrons. The van der Waals surface area contributed by atoms with Crippen LogP contribution in [0.3, 0.4) is 0 Å². The molecule has 1 rings (SSSR count). The molecule has 0 amide bonds. The van der Waals surface area contributed by atoms with E-state index in [4.69, 9.17) is 9.47 Å². The Kier molecular flexibility index (Phi) is 6.16. The zero-order valence-corrected chi connectivity index (χ0v) is 11.7. The van der Waals surface area contributed by atoms with Crippen molar-refractivity contribution in [1.29, 1.82) is 0 Å². The summed E-state index contributed by atoms with van der Waals surface area (Å²) in [5, 5.41) is 0. The first-order chi connectivity index (χ1) is 7.26. The van der Waals surface area contributed by atoms with Gasteiger partial charge in [0, 0.05) is 6.61 Å². The topological polar surface area (TPSA) is 18.5 Å². The Morgan fingerprint density at radius 1 is 1.40 bits per heavy atom. The average molecular weight is 324 g/mol. The Morgan fingerprint density at radius 3 is 2.53 bits per heavy atom. The lowest BCUT2D eigenvalue weighted by atomic mass is 9.85. The molecule has 3 heteroatoms. The van der Waals surface area contributed by atoms with E-state index >= 15 is 0 Å². The quantitative estimate of drug-likeness (QED) is 0.321. The third-order valence-corrected chi connectivity index (χ3v) is 3.64. The maximum absolute atomic E-state index is 6.07. The lowest BCUT2D eigenvalue weighted by molar-refractivity contribution is -0.188. The maximum atomic E-state index is 6.07. The molecule has 0 aromatic carbocycles. The van der Waals surface area contributed by atoms with Crippen LogP contribution in [0.2, 0.25) is 0 Å². The Balaban J connectivity index is 2.52. The van der Waals surface area contributed by atoms with Crippen LogP contribution in [0.25, 0.3) is 0 Å². The lowest BCUT2D eigenvalue weighted by Crippen LogP contribution is -2.38. The van der Waals surface area contributed by atoms with Gasteiger partial charge in [0.05, 0.1) is 10.0 Å². The van der Waals surface area contributed by atoms with Crippen molar-refractivity contribution in [2.24, 2.45) is 0 Å². The molecule has 1 aliphatic rings. The van der Waals surface area contributed by atoms with Crippen LogP contribution < -0.4 is 0 Å². The van der Waals surface area contributed by atoms with Crippen LogP contribution in [-0.4, -0.2) is 22.9 Å². The summed E-state index contributed by atoms with van der Waals surface area (Å²) in [4.78, 5) is 0. The van der Waals surface area contributed by atoms with E-state index in [0.717, 1.165) is 17.3 Å². The van der Waals surface area contributed by atoms with E-state index in [-0.39, 0.29) is 11.9 Å². The Bertz CT molecular complexity index is 188. The van der Waals surface area contributed by atoms with E-state index in [1.807, 2.05) is 13.0 Å². The van der Waals surface area contributed by atoms with E-state index in [1.165, 1.54) is 19.3 Å². The van der Waals surface area contributed by atoms with Crippen LogP contribution in [0.15, 0.2) is 12.7 Å². The maximum Gasteiger partial charge on any atom is 0.167 e. The van der Waals surface area contributed by atoms with Gasteiger partial charge in [-0.25, -0.2) is 0 Å². The van der Waals surface area contributed by atoms with Gasteiger partial charge in [0.25, 0.3) is 0 Å². The Morgan fingerprint density at radius 2 is 2.07 bits per heavy atom. The highest BCUT2D eigenvalue weighted by atomic mass is 127. The SMILES string of the molecule is C=CC1(OC(CI)OCC)CCCCC1. The third-order valence-electron chi connectivity index (χ3n) is 2.92. The van der Waals surface area contributed by atoms with Crippen molar-refractivity contribution in [3.8, 4) is 0 Å². The van der Waals surface area contributed by atoms with E-state index in [0.29, 0.717) is 6.61 Å². The molecule has 0 N–H and O–H groups in total. The summed E-state index contributed by atoms with van der Waals surface area (Å²) in [6.45, 7) is 6.63.